The quantitative estimate of drug-likeness (QED) is 0.490. The molecule has 0 amide bonds. The largest absolute Gasteiger partial charge is 0.497 e. The van der Waals surface area contributed by atoms with Crippen molar-refractivity contribution < 1.29 is 27.4 Å². The van der Waals surface area contributed by atoms with E-state index in [9.17, 15) is 18.0 Å². The van der Waals surface area contributed by atoms with E-state index in [1.165, 1.54) is 36.4 Å². The fourth-order valence-corrected chi connectivity index (χ4v) is 1.92. The third-order valence-electron chi connectivity index (χ3n) is 3.23. The molecule has 0 unspecified atom stereocenters. The molecular formula is C20H15F3O3. The Kier molecular flexibility index (Phi) is 6.79. The van der Waals surface area contributed by atoms with E-state index in [2.05, 4.69) is 4.74 Å². The highest BCUT2D eigenvalue weighted by Gasteiger charge is 2.07. The highest BCUT2D eigenvalue weighted by atomic mass is 19.3. The molecule has 3 nitrogen and oxygen atoms in total. The minimum Gasteiger partial charge on any atom is -0.497 e. The highest BCUT2D eigenvalue weighted by Crippen LogP contribution is 2.19. The first-order valence-electron chi connectivity index (χ1n) is 7.51. The molecule has 134 valence electrons. The van der Waals surface area contributed by atoms with Gasteiger partial charge in [-0.2, -0.15) is 13.2 Å². The summed E-state index contributed by atoms with van der Waals surface area (Å²) >= 11 is 0. The van der Waals surface area contributed by atoms with Crippen molar-refractivity contribution >= 4 is 17.9 Å². The summed E-state index contributed by atoms with van der Waals surface area (Å²) in [7, 11) is 1.57. The number of ether oxygens (including phenoxy) is 2. The predicted molar refractivity (Wildman–Crippen MR) is 93.5 cm³/mol. The molecule has 0 heterocycles. The first-order chi connectivity index (χ1) is 12.5. The van der Waals surface area contributed by atoms with Crippen LogP contribution in [0.1, 0.15) is 11.1 Å². The Morgan fingerprint density at radius 2 is 1.27 bits per heavy atom. The van der Waals surface area contributed by atoms with Gasteiger partial charge in [0.25, 0.3) is 0 Å². The highest BCUT2D eigenvalue weighted by molar-refractivity contribution is 6.04. The summed E-state index contributed by atoms with van der Waals surface area (Å²) in [6, 6.07) is 10.9. The second-order valence-corrected chi connectivity index (χ2v) is 5.05. The first-order valence-corrected chi connectivity index (χ1v) is 7.51. The van der Waals surface area contributed by atoms with Crippen LogP contribution < -0.4 is 9.47 Å². The maximum absolute atomic E-state index is 12.7. The SMILES string of the molecule is COc1ccc(C=CC(=O)C=Cc2ccc(OC(F)=C(F)F)cc2)cc1. The topological polar surface area (TPSA) is 35.5 Å². The van der Waals surface area contributed by atoms with E-state index >= 15 is 0 Å². The summed E-state index contributed by atoms with van der Waals surface area (Å²) in [5.41, 5.74) is 1.48. The Hall–Kier alpha value is -3.28. The van der Waals surface area contributed by atoms with Crippen LogP contribution in [0, 0.1) is 0 Å². The molecule has 0 spiro atoms. The lowest BCUT2D eigenvalue weighted by Crippen LogP contribution is -1.90. The van der Waals surface area contributed by atoms with Gasteiger partial charge in [-0.3, -0.25) is 4.79 Å². The predicted octanol–water partition coefficient (Wildman–Crippen LogP) is 5.40. The van der Waals surface area contributed by atoms with Gasteiger partial charge in [-0.25, -0.2) is 0 Å². The van der Waals surface area contributed by atoms with Gasteiger partial charge < -0.3 is 9.47 Å². The second-order valence-electron chi connectivity index (χ2n) is 5.05. The van der Waals surface area contributed by atoms with Gasteiger partial charge in [0.1, 0.15) is 11.5 Å². The van der Waals surface area contributed by atoms with Crippen LogP contribution in [0.2, 0.25) is 0 Å². The van der Waals surface area contributed by atoms with Crippen molar-refractivity contribution in [3.05, 3.63) is 83.9 Å². The summed E-state index contributed by atoms with van der Waals surface area (Å²) in [6.07, 6.45) is 3.47. The number of benzene rings is 2. The normalized spacial score (nSPS) is 10.9. The van der Waals surface area contributed by atoms with Crippen molar-refractivity contribution in [2.24, 2.45) is 0 Å². The van der Waals surface area contributed by atoms with Crippen LogP contribution in [0.4, 0.5) is 13.2 Å². The van der Waals surface area contributed by atoms with E-state index in [1.54, 1.807) is 31.4 Å². The lowest BCUT2D eigenvalue weighted by atomic mass is 10.1. The molecule has 0 aromatic heterocycles. The molecule has 6 heteroatoms. The van der Waals surface area contributed by atoms with Gasteiger partial charge in [-0.05, 0) is 47.5 Å². The Bertz CT molecular complexity index is 832. The van der Waals surface area contributed by atoms with Crippen LogP contribution in [0.5, 0.6) is 11.5 Å². The second kappa shape index (κ2) is 9.27. The Balaban J connectivity index is 1.94. The Morgan fingerprint density at radius 3 is 1.69 bits per heavy atom. The molecule has 0 aliphatic rings. The van der Waals surface area contributed by atoms with Gasteiger partial charge >= 0.3 is 12.1 Å². The fourth-order valence-electron chi connectivity index (χ4n) is 1.92. The molecule has 0 fully saturated rings. The van der Waals surface area contributed by atoms with Crippen molar-refractivity contribution in [3.8, 4) is 11.5 Å². The number of halogens is 3. The smallest absolute Gasteiger partial charge is 0.344 e. The molecule has 0 aliphatic heterocycles. The van der Waals surface area contributed by atoms with Crippen molar-refractivity contribution in [1.29, 1.82) is 0 Å². The molecule has 0 aliphatic carbocycles. The fraction of sp³-hybridized carbons (Fsp3) is 0.0500. The number of allylic oxidation sites excluding steroid dienone is 2. The molecule has 0 saturated carbocycles. The average Bonchev–Trinajstić information content (AvgIpc) is 2.66. The van der Waals surface area contributed by atoms with Gasteiger partial charge in [0.2, 0.25) is 0 Å². The van der Waals surface area contributed by atoms with E-state index in [0.717, 1.165) is 11.3 Å². The van der Waals surface area contributed by atoms with Crippen molar-refractivity contribution in [2.45, 2.75) is 0 Å². The number of carbonyl (C=O) groups excluding carboxylic acids is 1. The minimum atomic E-state index is -2.52. The number of ketones is 1. The van der Waals surface area contributed by atoms with E-state index in [1.807, 2.05) is 12.1 Å². The van der Waals surface area contributed by atoms with E-state index in [4.69, 9.17) is 4.74 Å². The monoisotopic (exact) mass is 360 g/mol. The molecule has 0 bridgehead atoms. The van der Waals surface area contributed by atoms with Gasteiger partial charge in [0.05, 0.1) is 7.11 Å². The zero-order valence-corrected chi connectivity index (χ0v) is 13.8. The van der Waals surface area contributed by atoms with Crippen molar-refractivity contribution in [3.63, 3.8) is 0 Å². The summed E-state index contributed by atoms with van der Waals surface area (Å²) in [5.74, 6) is 0.429. The van der Waals surface area contributed by atoms with Gasteiger partial charge in [-0.15, -0.1) is 0 Å². The third-order valence-corrected chi connectivity index (χ3v) is 3.23. The molecule has 2 aromatic carbocycles. The number of methoxy groups -OCH3 is 1. The van der Waals surface area contributed by atoms with Crippen LogP contribution in [-0.4, -0.2) is 12.9 Å². The lowest BCUT2D eigenvalue weighted by molar-refractivity contribution is -0.110. The standard InChI is InChI=1S/C20H15F3O3/c1-25-17-10-4-14(5-11-17)2-8-16(24)9-3-15-6-12-18(13-7-15)26-20(23)19(21)22/h2-13H,1H3. The molecule has 0 N–H and O–H groups in total. The zero-order chi connectivity index (χ0) is 18.9. The first kappa shape index (κ1) is 19.1. The summed E-state index contributed by atoms with van der Waals surface area (Å²) < 4.78 is 45.9. The zero-order valence-electron chi connectivity index (χ0n) is 13.8. The van der Waals surface area contributed by atoms with E-state index in [-0.39, 0.29) is 11.5 Å². The third kappa shape index (κ3) is 5.98. The van der Waals surface area contributed by atoms with Gasteiger partial charge in [0.15, 0.2) is 5.78 Å². The number of hydrogen-bond acceptors (Lipinski definition) is 3. The van der Waals surface area contributed by atoms with Crippen LogP contribution in [0.25, 0.3) is 12.2 Å². The van der Waals surface area contributed by atoms with Gasteiger partial charge in [0, 0.05) is 0 Å². The number of hydrogen-bond donors (Lipinski definition) is 0. The van der Waals surface area contributed by atoms with Crippen LogP contribution in [0.3, 0.4) is 0 Å². The Labute approximate surface area is 148 Å². The van der Waals surface area contributed by atoms with Crippen molar-refractivity contribution in [1.82, 2.24) is 0 Å². The summed E-state index contributed by atoms with van der Waals surface area (Å²) in [5, 5.41) is 0. The number of carbonyl (C=O) groups is 1. The molecule has 0 radical (unpaired) electrons. The maximum Gasteiger partial charge on any atom is 0.344 e. The molecule has 26 heavy (non-hydrogen) atoms. The van der Waals surface area contributed by atoms with E-state index < -0.39 is 12.1 Å². The molecule has 2 rings (SSSR count). The molecule has 0 saturated heterocycles. The van der Waals surface area contributed by atoms with Crippen LogP contribution >= 0.6 is 0 Å². The molecule has 2 aromatic rings. The molecular weight excluding hydrogens is 345 g/mol. The average molecular weight is 360 g/mol. The van der Waals surface area contributed by atoms with Crippen molar-refractivity contribution in [2.75, 3.05) is 7.11 Å². The Morgan fingerprint density at radius 1 is 0.808 bits per heavy atom. The van der Waals surface area contributed by atoms with E-state index in [0.29, 0.717) is 5.56 Å². The maximum atomic E-state index is 12.7. The molecule has 0 atom stereocenters. The van der Waals surface area contributed by atoms with Gasteiger partial charge in [-0.1, -0.05) is 36.4 Å². The minimum absolute atomic E-state index is 0.0711. The number of rotatable bonds is 7. The van der Waals surface area contributed by atoms with Crippen LogP contribution in [0.15, 0.2) is 72.8 Å². The summed E-state index contributed by atoms with van der Waals surface area (Å²) in [4.78, 5) is 11.8. The van der Waals surface area contributed by atoms with Crippen LogP contribution in [-0.2, 0) is 4.79 Å². The summed E-state index contributed by atoms with van der Waals surface area (Å²) in [6.45, 7) is 0. The lowest BCUT2D eigenvalue weighted by Gasteiger charge is -2.01.